The number of anilines is 1. The van der Waals surface area contributed by atoms with Crippen molar-refractivity contribution in [2.45, 2.75) is 19.4 Å². The Balaban J connectivity index is 0.00000190. The van der Waals surface area contributed by atoms with Crippen LogP contribution in [0.2, 0.25) is 10.0 Å². The number of benzene rings is 1. The van der Waals surface area contributed by atoms with Crippen LogP contribution in [-0.4, -0.2) is 46.9 Å². The third-order valence-corrected chi connectivity index (χ3v) is 8.53. The minimum atomic E-state index is -1.33. The fraction of sp³-hybridized carbons (Fsp3) is 0.304. The van der Waals surface area contributed by atoms with Crippen molar-refractivity contribution in [3.63, 3.8) is 0 Å². The first kappa shape index (κ1) is 29.7. The number of aryl methyl sites for hydroxylation is 1. The van der Waals surface area contributed by atoms with E-state index in [-0.39, 0.29) is 89.1 Å². The minimum absolute atomic E-state index is 0. The molecule has 9 nitrogen and oxygen atoms in total. The van der Waals surface area contributed by atoms with Crippen LogP contribution < -0.4 is 58.2 Å². The van der Waals surface area contributed by atoms with Crippen LogP contribution in [-0.2, 0) is 6.42 Å². The van der Waals surface area contributed by atoms with Crippen LogP contribution in [0.25, 0.3) is 0 Å². The predicted molar refractivity (Wildman–Crippen MR) is 126 cm³/mol. The average molecular weight is 547 g/mol. The Labute approximate surface area is 250 Å². The molecule has 1 aromatic carbocycles. The number of piperidine rings is 1. The van der Waals surface area contributed by atoms with Gasteiger partial charge in [0, 0.05) is 43.1 Å². The fourth-order valence-corrected chi connectivity index (χ4v) is 5.96. The van der Waals surface area contributed by atoms with Gasteiger partial charge in [0.2, 0.25) is 0 Å². The van der Waals surface area contributed by atoms with E-state index in [1.807, 2.05) is 4.90 Å². The van der Waals surface area contributed by atoms with Gasteiger partial charge in [-0.3, -0.25) is 4.79 Å². The number of rotatable bonds is 7. The number of fused-ring (bicyclic) bond motifs is 1. The smallest absolute Gasteiger partial charge is 0.545 e. The van der Waals surface area contributed by atoms with Gasteiger partial charge in [-0.1, -0.05) is 52.7 Å². The SMILES string of the molecule is Cc1[nH]c(C(=O)N[C@@H]2[C@@H]3CN(c4nc(Cc5cccc(C(=O)[O-])c5)c(C(=O)[O-])s4)C[C@@H]32)c(Cl)c1Cl.[Li+].[Li+]. The molecule has 1 saturated carbocycles. The van der Waals surface area contributed by atoms with Crippen molar-refractivity contribution in [3.8, 4) is 0 Å². The summed E-state index contributed by atoms with van der Waals surface area (Å²) in [5.41, 5.74) is 1.80. The second-order valence-electron chi connectivity index (χ2n) is 8.71. The van der Waals surface area contributed by atoms with Gasteiger partial charge >= 0.3 is 37.7 Å². The molecule has 3 heterocycles. The molecule has 1 saturated heterocycles. The molecule has 0 unspecified atom stereocenters. The molecule has 3 aromatic rings. The topological polar surface area (TPSA) is 141 Å². The number of thiazole rings is 1. The second kappa shape index (κ2) is 11.5. The number of halogens is 2. The van der Waals surface area contributed by atoms with Crippen LogP contribution in [0.1, 0.15) is 47.5 Å². The molecule has 182 valence electrons. The van der Waals surface area contributed by atoms with Crippen LogP contribution >= 0.6 is 34.5 Å². The van der Waals surface area contributed by atoms with E-state index in [1.165, 1.54) is 12.1 Å². The molecule has 3 atom stereocenters. The van der Waals surface area contributed by atoms with Gasteiger partial charge in [-0.2, -0.15) is 0 Å². The number of nitrogens with one attached hydrogen (secondary N) is 2. The van der Waals surface area contributed by atoms with Crippen molar-refractivity contribution in [1.82, 2.24) is 15.3 Å². The van der Waals surface area contributed by atoms with E-state index >= 15 is 0 Å². The molecule has 0 spiro atoms. The summed E-state index contributed by atoms with van der Waals surface area (Å²) in [6.07, 6.45) is 0.152. The normalized spacial score (nSPS) is 19.4. The van der Waals surface area contributed by atoms with Gasteiger partial charge in [0.25, 0.3) is 5.91 Å². The summed E-state index contributed by atoms with van der Waals surface area (Å²) in [6, 6.07) is 6.12. The quantitative estimate of drug-likeness (QED) is 0.283. The summed E-state index contributed by atoms with van der Waals surface area (Å²) in [7, 11) is 0. The number of H-pyrrole nitrogens is 1. The third kappa shape index (κ3) is 5.77. The maximum Gasteiger partial charge on any atom is 1.00 e. The molecule has 2 aliphatic rings. The molecule has 2 N–H and O–H groups in total. The molecule has 5 rings (SSSR count). The monoisotopic (exact) mass is 546 g/mol. The Morgan fingerprint density at radius 1 is 1.14 bits per heavy atom. The molecule has 1 aliphatic heterocycles. The number of aromatic carboxylic acids is 2. The zero-order chi connectivity index (χ0) is 25.0. The van der Waals surface area contributed by atoms with E-state index < -0.39 is 11.9 Å². The first-order chi connectivity index (χ1) is 16.6. The molecule has 0 bridgehead atoms. The van der Waals surface area contributed by atoms with Gasteiger partial charge in [0.15, 0.2) is 5.13 Å². The maximum absolute atomic E-state index is 12.6. The van der Waals surface area contributed by atoms with E-state index in [1.54, 1.807) is 19.1 Å². The number of aromatic amines is 1. The van der Waals surface area contributed by atoms with E-state index in [9.17, 15) is 24.6 Å². The summed E-state index contributed by atoms with van der Waals surface area (Å²) in [5, 5.41) is 26.9. The minimum Gasteiger partial charge on any atom is -0.545 e. The molecule has 2 aromatic heterocycles. The standard InChI is InChI=1S/C23H20Cl2N4O5S.2Li/c1-9-15(24)16(25)18(26-9)20(30)28-17-12-7-29(8-13(12)17)23-27-14(19(35-23)22(33)34)6-10-3-2-4-11(5-10)21(31)32;;/h2-5,12-13,17,26H,6-8H2,1H3,(H,28,30)(H,31,32)(H,33,34);;/q;2*+1/p-2/t12-,13+,17-;;. The molecule has 0 radical (unpaired) electrons. The second-order valence-corrected chi connectivity index (χ2v) is 10.4. The summed E-state index contributed by atoms with van der Waals surface area (Å²) >= 11 is 13.2. The molecular formula is C23H18Cl2Li2N4O5S. The fourth-order valence-electron chi connectivity index (χ4n) is 4.60. The van der Waals surface area contributed by atoms with Crippen LogP contribution in [0, 0.1) is 18.8 Å². The van der Waals surface area contributed by atoms with Crippen molar-refractivity contribution in [2.24, 2.45) is 11.8 Å². The molecule has 37 heavy (non-hydrogen) atoms. The maximum atomic E-state index is 12.6. The van der Waals surface area contributed by atoms with Gasteiger partial charge in [0.05, 0.1) is 32.6 Å². The summed E-state index contributed by atoms with van der Waals surface area (Å²) in [5.74, 6) is -2.53. The third-order valence-electron chi connectivity index (χ3n) is 6.45. The molecule has 1 amide bonds. The van der Waals surface area contributed by atoms with E-state index in [0.717, 1.165) is 11.3 Å². The number of carbonyl (C=O) groups is 3. The largest absolute Gasteiger partial charge is 1.00 e. The number of nitrogens with zero attached hydrogens (tertiary/aromatic N) is 2. The molecule has 1 aliphatic carbocycles. The van der Waals surface area contributed by atoms with Crippen LogP contribution in [0.4, 0.5) is 5.13 Å². The van der Waals surface area contributed by atoms with Gasteiger partial charge in [-0.25, -0.2) is 4.98 Å². The predicted octanol–water partition coefficient (Wildman–Crippen LogP) is -4.72. The van der Waals surface area contributed by atoms with Gasteiger partial charge < -0.3 is 35.0 Å². The summed E-state index contributed by atoms with van der Waals surface area (Å²) in [6.45, 7) is 2.97. The Bertz CT molecular complexity index is 1370. The van der Waals surface area contributed by atoms with E-state index in [0.29, 0.717) is 40.2 Å². The zero-order valence-electron chi connectivity index (χ0n) is 20.3. The van der Waals surface area contributed by atoms with Crippen molar-refractivity contribution < 1.29 is 62.3 Å². The number of hydrogen-bond donors (Lipinski definition) is 2. The van der Waals surface area contributed by atoms with Crippen molar-refractivity contribution in [2.75, 3.05) is 18.0 Å². The van der Waals surface area contributed by atoms with Gasteiger partial charge in [-0.05, 0) is 24.1 Å². The van der Waals surface area contributed by atoms with Crippen molar-refractivity contribution in [1.29, 1.82) is 0 Å². The Morgan fingerprint density at radius 3 is 2.38 bits per heavy atom. The van der Waals surface area contributed by atoms with Crippen molar-refractivity contribution >= 4 is 57.5 Å². The number of carboxylic acid groups (broad SMARTS) is 2. The number of aromatic nitrogens is 2. The van der Waals surface area contributed by atoms with Crippen LogP contribution in [0.3, 0.4) is 0 Å². The van der Waals surface area contributed by atoms with Crippen LogP contribution in [0.15, 0.2) is 24.3 Å². The first-order valence-electron chi connectivity index (χ1n) is 10.7. The zero-order valence-corrected chi connectivity index (χ0v) is 22.6. The molecule has 14 heteroatoms. The number of carbonyl (C=O) groups excluding carboxylic acids is 3. The molecule has 2 fully saturated rings. The van der Waals surface area contributed by atoms with Crippen LogP contribution in [0.5, 0.6) is 0 Å². The van der Waals surface area contributed by atoms with Gasteiger partial charge in [-0.15, -0.1) is 0 Å². The Morgan fingerprint density at radius 2 is 1.81 bits per heavy atom. The van der Waals surface area contributed by atoms with Crippen molar-refractivity contribution in [3.05, 3.63) is 67.4 Å². The first-order valence-corrected chi connectivity index (χ1v) is 12.3. The Kier molecular flexibility index (Phi) is 9.20. The summed E-state index contributed by atoms with van der Waals surface area (Å²) in [4.78, 5) is 44.9. The average Bonchev–Trinajstić information content (AvgIpc) is 3.19. The van der Waals surface area contributed by atoms with E-state index in [4.69, 9.17) is 23.2 Å². The Hall–Kier alpha value is -1.89. The van der Waals surface area contributed by atoms with Gasteiger partial charge in [0.1, 0.15) is 5.69 Å². The molecular weight excluding hydrogens is 529 g/mol. The number of carboxylic acids is 2. The number of amides is 1. The van der Waals surface area contributed by atoms with E-state index in [2.05, 4.69) is 15.3 Å². The summed E-state index contributed by atoms with van der Waals surface area (Å²) < 4.78 is 0. The number of hydrogen-bond acceptors (Lipinski definition) is 8.